The lowest BCUT2D eigenvalue weighted by molar-refractivity contribution is 0.194. The Morgan fingerprint density at radius 3 is 3.25 bits per heavy atom. The van der Waals surface area contributed by atoms with Gasteiger partial charge in [0.05, 0.1) is 12.5 Å². The molecule has 3 nitrogen and oxygen atoms in total. The molecular formula is C13H17N3. The molecule has 1 aliphatic rings. The summed E-state index contributed by atoms with van der Waals surface area (Å²) in [6, 6.07) is 7.18. The van der Waals surface area contributed by atoms with E-state index < -0.39 is 0 Å². The molecule has 2 rings (SSSR count). The lowest BCUT2D eigenvalue weighted by atomic mass is 10.1. The molecule has 3 heteroatoms. The third-order valence-electron chi connectivity index (χ3n) is 3.32. The first-order valence-corrected chi connectivity index (χ1v) is 5.85. The maximum atomic E-state index is 8.76. The Morgan fingerprint density at radius 2 is 2.56 bits per heavy atom. The Kier molecular flexibility index (Phi) is 3.53. The monoisotopic (exact) mass is 215 g/mol. The zero-order valence-corrected chi connectivity index (χ0v) is 9.63. The average Bonchev–Trinajstić information content (AvgIpc) is 2.79. The van der Waals surface area contributed by atoms with Crippen LogP contribution in [0.3, 0.4) is 0 Å². The molecule has 2 unspecified atom stereocenters. The van der Waals surface area contributed by atoms with Gasteiger partial charge in [0.15, 0.2) is 0 Å². The normalized spacial score (nSPS) is 22.9. The Labute approximate surface area is 96.7 Å². The van der Waals surface area contributed by atoms with Gasteiger partial charge in [0.2, 0.25) is 0 Å². The molecule has 0 spiro atoms. The van der Waals surface area contributed by atoms with Crippen LogP contribution in [0, 0.1) is 11.3 Å². The van der Waals surface area contributed by atoms with E-state index in [9.17, 15) is 0 Å². The van der Waals surface area contributed by atoms with E-state index in [1.54, 1.807) is 0 Å². The summed E-state index contributed by atoms with van der Waals surface area (Å²) in [6.07, 6.45) is 6.76. The molecular weight excluding hydrogens is 198 g/mol. The standard InChI is InChI=1S/C13H17N3/c1-11(6-7-14)16-9-3-5-13(16)12-4-2-8-15-10-12/h2,4,8,10-11,13H,3,5-6,9H2,1H3. The molecule has 1 saturated heterocycles. The quantitative estimate of drug-likeness (QED) is 0.777. The van der Waals surface area contributed by atoms with Gasteiger partial charge in [-0.15, -0.1) is 0 Å². The minimum Gasteiger partial charge on any atom is -0.293 e. The van der Waals surface area contributed by atoms with Crippen LogP contribution in [-0.2, 0) is 0 Å². The molecule has 0 N–H and O–H groups in total. The van der Waals surface area contributed by atoms with Gasteiger partial charge in [0.1, 0.15) is 0 Å². The maximum absolute atomic E-state index is 8.76. The molecule has 0 radical (unpaired) electrons. The van der Waals surface area contributed by atoms with E-state index in [1.807, 2.05) is 18.5 Å². The highest BCUT2D eigenvalue weighted by atomic mass is 15.2. The molecule has 0 bridgehead atoms. The van der Waals surface area contributed by atoms with E-state index in [1.165, 1.54) is 18.4 Å². The van der Waals surface area contributed by atoms with Gasteiger partial charge in [0, 0.05) is 24.5 Å². The van der Waals surface area contributed by atoms with Crippen LogP contribution in [-0.4, -0.2) is 22.5 Å². The highest BCUT2D eigenvalue weighted by Crippen LogP contribution is 2.33. The Morgan fingerprint density at radius 1 is 1.69 bits per heavy atom. The number of hydrogen-bond acceptors (Lipinski definition) is 3. The van der Waals surface area contributed by atoms with Crippen LogP contribution < -0.4 is 0 Å². The van der Waals surface area contributed by atoms with Crippen LogP contribution in [0.15, 0.2) is 24.5 Å². The largest absolute Gasteiger partial charge is 0.293 e. The summed E-state index contributed by atoms with van der Waals surface area (Å²) in [5.74, 6) is 0. The van der Waals surface area contributed by atoms with Crippen molar-refractivity contribution < 1.29 is 0 Å². The van der Waals surface area contributed by atoms with Crippen molar-refractivity contribution in [2.24, 2.45) is 0 Å². The predicted molar refractivity (Wildman–Crippen MR) is 62.6 cm³/mol. The first-order valence-electron chi connectivity index (χ1n) is 5.85. The zero-order valence-electron chi connectivity index (χ0n) is 9.63. The second-order valence-electron chi connectivity index (χ2n) is 4.39. The first kappa shape index (κ1) is 11.1. The summed E-state index contributed by atoms with van der Waals surface area (Å²) in [4.78, 5) is 6.61. The van der Waals surface area contributed by atoms with E-state index >= 15 is 0 Å². The van der Waals surface area contributed by atoms with Crippen molar-refractivity contribution in [3.8, 4) is 6.07 Å². The van der Waals surface area contributed by atoms with E-state index in [0.29, 0.717) is 18.5 Å². The summed E-state index contributed by atoms with van der Waals surface area (Å²) in [6.45, 7) is 3.24. The summed E-state index contributed by atoms with van der Waals surface area (Å²) >= 11 is 0. The molecule has 1 aliphatic heterocycles. The Hall–Kier alpha value is -1.40. The van der Waals surface area contributed by atoms with Gasteiger partial charge >= 0.3 is 0 Å². The topological polar surface area (TPSA) is 39.9 Å². The van der Waals surface area contributed by atoms with Crippen molar-refractivity contribution in [3.05, 3.63) is 30.1 Å². The van der Waals surface area contributed by atoms with Crippen LogP contribution in [0.5, 0.6) is 0 Å². The third-order valence-corrected chi connectivity index (χ3v) is 3.32. The molecule has 16 heavy (non-hydrogen) atoms. The van der Waals surface area contributed by atoms with Crippen molar-refractivity contribution in [1.82, 2.24) is 9.88 Å². The van der Waals surface area contributed by atoms with Crippen LogP contribution in [0.1, 0.15) is 37.8 Å². The van der Waals surface area contributed by atoms with Gasteiger partial charge in [-0.3, -0.25) is 9.88 Å². The molecule has 0 aromatic carbocycles. The van der Waals surface area contributed by atoms with Gasteiger partial charge < -0.3 is 0 Å². The fourth-order valence-electron chi connectivity index (χ4n) is 2.50. The third kappa shape index (κ3) is 2.23. The average molecular weight is 215 g/mol. The van der Waals surface area contributed by atoms with Gasteiger partial charge in [-0.05, 0) is 37.9 Å². The molecule has 0 aliphatic carbocycles. The minimum atomic E-state index is 0.345. The highest BCUT2D eigenvalue weighted by Gasteiger charge is 2.29. The van der Waals surface area contributed by atoms with Crippen molar-refractivity contribution in [3.63, 3.8) is 0 Å². The molecule has 2 heterocycles. The van der Waals surface area contributed by atoms with Gasteiger partial charge in [0.25, 0.3) is 0 Å². The highest BCUT2D eigenvalue weighted by molar-refractivity contribution is 5.15. The van der Waals surface area contributed by atoms with Crippen molar-refractivity contribution in [2.75, 3.05) is 6.54 Å². The van der Waals surface area contributed by atoms with E-state index in [2.05, 4.69) is 28.9 Å². The van der Waals surface area contributed by atoms with Gasteiger partial charge in [-0.2, -0.15) is 5.26 Å². The van der Waals surface area contributed by atoms with Crippen LogP contribution in [0.25, 0.3) is 0 Å². The summed E-state index contributed by atoms with van der Waals surface area (Å²) in [5.41, 5.74) is 1.28. The van der Waals surface area contributed by atoms with Crippen LogP contribution in [0.4, 0.5) is 0 Å². The van der Waals surface area contributed by atoms with E-state index in [-0.39, 0.29) is 0 Å². The number of rotatable bonds is 3. The van der Waals surface area contributed by atoms with Crippen LogP contribution >= 0.6 is 0 Å². The molecule has 1 aromatic heterocycles. The van der Waals surface area contributed by atoms with E-state index in [4.69, 9.17) is 5.26 Å². The van der Waals surface area contributed by atoms with Crippen molar-refractivity contribution in [2.45, 2.75) is 38.3 Å². The summed E-state index contributed by atoms with van der Waals surface area (Å²) in [5, 5.41) is 8.76. The second-order valence-corrected chi connectivity index (χ2v) is 4.39. The number of nitrogens with zero attached hydrogens (tertiary/aromatic N) is 3. The van der Waals surface area contributed by atoms with Gasteiger partial charge in [-0.1, -0.05) is 6.07 Å². The molecule has 1 fully saturated rings. The zero-order chi connectivity index (χ0) is 11.4. The fourth-order valence-corrected chi connectivity index (χ4v) is 2.50. The van der Waals surface area contributed by atoms with Gasteiger partial charge in [-0.25, -0.2) is 0 Å². The number of hydrogen-bond donors (Lipinski definition) is 0. The summed E-state index contributed by atoms with van der Waals surface area (Å²) < 4.78 is 0. The molecule has 0 amide bonds. The summed E-state index contributed by atoms with van der Waals surface area (Å²) in [7, 11) is 0. The van der Waals surface area contributed by atoms with E-state index in [0.717, 1.165) is 6.54 Å². The van der Waals surface area contributed by atoms with Crippen molar-refractivity contribution in [1.29, 1.82) is 5.26 Å². The number of likely N-dealkylation sites (tertiary alicyclic amines) is 1. The lowest BCUT2D eigenvalue weighted by Gasteiger charge is -2.29. The smallest absolute Gasteiger partial charge is 0.0638 e. The second kappa shape index (κ2) is 5.09. The molecule has 1 aromatic rings. The lowest BCUT2D eigenvalue weighted by Crippen LogP contribution is -2.32. The number of nitriles is 1. The molecule has 2 atom stereocenters. The number of aromatic nitrogens is 1. The Balaban J connectivity index is 2.13. The SMILES string of the molecule is CC(CC#N)N1CCCC1c1cccnc1. The maximum Gasteiger partial charge on any atom is 0.0638 e. The molecule has 0 saturated carbocycles. The molecule has 84 valence electrons. The van der Waals surface area contributed by atoms with Crippen LogP contribution in [0.2, 0.25) is 0 Å². The fraction of sp³-hybridized carbons (Fsp3) is 0.538. The first-order chi connectivity index (χ1) is 7.83. The van der Waals surface area contributed by atoms with Crippen molar-refractivity contribution >= 4 is 0 Å². The predicted octanol–water partition coefficient (Wildman–Crippen LogP) is 2.52. The minimum absolute atomic E-state index is 0.345. The number of pyridine rings is 1. The Bertz CT molecular complexity index is 369.